The molecule has 0 atom stereocenters. The molecule has 0 radical (unpaired) electrons. The summed E-state index contributed by atoms with van der Waals surface area (Å²) in [6.45, 7) is 10.9. The van der Waals surface area contributed by atoms with Crippen molar-refractivity contribution in [3.8, 4) is 0 Å². The van der Waals surface area contributed by atoms with E-state index in [1.807, 2.05) is 0 Å². The van der Waals surface area contributed by atoms with Crippen molar-refractivity contribution in [2.24, 2.45) is 15.2 Å². The zero-order valence-corrected chi connectivity index (χ0v) is 20.4. The van der Waals surface area contributed by atoms with Crippen molar-refractivity contribution in [3.63, 3.8) is 0 Å². The fourth-order valence-electron chi connectivity index (χ4n) is 2.81. The second kappa shape index (κ2) is 19.3. The Morgan fingerprint density at radius 1 is 0.840 bits per heavy atom. The summed E-state index contributed by atoms with van der Waals surface area (Å²) in [4.78, 5) is 0. The van der Waals surface area contributed by atoms with E-state index in [9.17, 15) is 0 Å². The van der Waals surface area contributed by atoms with E-state index in [-0.39, 0.29) is 5.54 Å². The minimum Gasteiger partial charge on any atom is -0.668 e. The Balaban J connectivity index is 0. The summed E-state index contributed by atoms with van der Waals surface area (Å²) in [7, 11) is 3.50. The number of hydrogen-bond donors (Lipinski definition) is 0. The van der Waals surface area contributed by atoms with Gasteiger partial charge in [0.1, 0.15) is 0 Å². The fourth-order valence-corrected chi connectivity index (χ4v) is 2.81. The Labute approximate surface area is 172 Å². The predicted octanol–water partition coefficient (Wildman–Crippen LogP) is 7.72. The average Bonchev–Trinajstić information content (AvgIpc) is 2.64. The van der Waals surface area contributed by atoms with Crippen molar-refractivity contribution < 1.29 is 20.9 Å². The molecule has 0 unspecified atom stereocenters. The third kappa shape index (κ3) is 22.5. The summed E-state index contributed by atoms with van der Waals surface area (Å²) in [6.07, 6.45) is 19.0. The molecule has 151 valence electrons. The van der Waals surface area contributed by atoms with Crippen molar-refractivity contribution >= 4 is 0 Å². The molecule has 2 aliphatic rings. The molecule has 0 aromatic rings. The molecule has 2 nitrogen and oxygen atoms in total. The summed E-state index contributed by atoms with van der Waals surface area (Å²) in [5.74, 6) is 2.11. The van der Waals surface area contributed by atoms with E-state index in [0.717, 1.165) is 11.8 Å². The molecule has 2 fully saturated rings. The van der Waals surface area contributed by atoms with E-state index in [2.05, 4.69) is 56.1 Å². The maximum atomic E-state index is 4.07. The SMILES string of the molecule is CC(C)(C)[N]=[Nb].CCC1CC[CH-]CC1.CCC1CC[CH-]CC1.C[N-]C. The molecule has 25 heavy (non-hydrogen) atoms. The molecule has 0 aliphatic heterocycles. The minimum absolute atomic E-state index is 0.189. The Hall–Kier alpha value is 0.500. The molecular weight excluding hydrogens is 385 g/mol. The van der Waals surface area contributed by atoms with Crippen molar-refractivity contribution in [2.75, 3.05) is 14.1 Å². The van der Waals surface area contributed by atoms with Crippen molar-refractivity contribution in [1.29, 1.82) is 0 Å². The molecule has 0 spiro atoms. The van der Waals surface area contributed by atoms with Gasteiger partial charge in [-0.3, -0.25) is 0 Å². The molecule has 2 rings (SSSR count). The van der Waals surface area contributed by atoms with Crippen molar-refractivity contribution in [3.05, 3.63) is 18.2 Å². The first kappa shape index (κ1) is 27.7. The van der Waals surface area contributed by atoms with Crippen molar-refractivity contribution in [2.45, 2.75) is 104 Å². The van der Waals surface area contributed by atoms with Gasteiger partial charge in [-0.05, 0) is 11.8 Å². The van der Waals surface area contributed by atoms with E-state index in [1.54, 1.807) is 14.1 Å². The molecule has 0 saturated heterocycles. The zero-order chi connectivity index (χ0) is 19.6. The Morgan fingerprint density at radius 2 is 1.08 bits per heavy atom. The largest absolute Gasteiger partial charge is 0.668 e. The normalized spacial score (nSPS) is 18.5. The number of rotatable bonds is 2. The Morgan fingerprint density at radius 3 is 1.20 bits per heavy atom. The molecule has 0 heterocycles. The molecule has 0 N–H and O–H groups in total. The van der Waals surface area contributed by atoms with Gasteiger partial charge in [0.05, 0.1) is 0 Å². The van der Waals surface area contributed by atoms with Crippen molar-refractivity contribution in [1.82, 2.24) is 0 Å². The average molecular weight is 431 g/mol. The quantitative estimate of drug-likeness (QED) is 0.317. The van der Waals surface area contributed by atoms with Crippen LogP contribution in [-0.2, 0) is 20.9 Å². The third-order valence-electron chi connectivity index (χ3n) is 4.57. The van der Waals surface area contributed by atoms with Crippen LogP contribution in [0.1, 0.15) is 98.8 Å². The van der Waals surface area contributed by atoms with Crippen LogP contribution in [0.25, 0.3) is 5.32 Å². The van der Waals surface area contributed by atoms with E-state index in [0.29, 0.717) is 0 Å². The van der Waals surface area contributed by atoms with Crippen LogP contribution in [0.2, 0.25) is 0 Å². The topological polar surface area (TPSA) is 26.5 Å². The predicted molar refractivity (Wildman–Crippen MR) is 110 cm³/mol. The van der Waals surface area contributed by atoms with Crippen LogP contribution in [-0.4, -0.2) is 19.6 Å². The van der Waals surface area contributed by atoms with Gasteiger partial charge in [0, 0.05) is 0 Å². The van der Waals surface area contributed by atoms with Gasteiger partial charge >= 0.3 is 50.5 Å². The van der Waals surface area contributed by atoms with E-state index >= 15 is 0 Å². The standard InChI is InChI=1S/2C8H15.C4H9N.C2H6N.Nb/c2*1-2-8-6-4-3-5-7-8;1-4(2,3)5;1-3-2;/h2*3,8H,2,4-7H2,1H3;1-3H3;1-2H3;/q2*-1;;-1;. The van der Waals surface area contributed by atoms with E-state index < -0.39 is 0 Å². The number of hydrogen-bond acceptors (Lipinski definition) is 1. The summed E-state index contributed by atoms with van der Waals surface area (Å²) in [5.41, 5.74) is 0.189. The van der Waals surface area contributed by atoms with Crippen LogP contribution >= 0.6 is 0 Å². The zero-order valence-electron chi connectivity index (χ0n) is 18.2. The fraction of sp³-hybridized carbons (Fsp3) is 0.909. The van der Waals surface area contributed by atoms with Gasteiger partial charge in [0.25, 0.3) is 0 Å². The van der Waals surface area contributed by atoms with Crippen LogP contribution in [0.4, 0.5) is 0 Å². The molecule has 0 amide bonds. The molecular formula is C22H45N2Nb-3. The van der Waals surface area contributed by atoms with Crippen LogP contribution < -0.4 is 0 Å². The van der Waals surface area contributed by atoms with Gasteiger partial charge in [-0.2, -0.15) is 39.8 Å². The summed E-state index contributed by atoms with van der Waals surface area (Å²) in [6, 6.07) is 0. The van der Waals surface area contributed by atoms with Crippen LogP contribution in [0.5, 0.6) is 0 Å². The van der Waals surface area contributed by atoms with Gasteiger partial charge < -0.3 is 18.2 Å². The van der Waals surface area contributed by atoms with Crippen LogP contribution in [0.15, 0.2) is 3.34 Å². The molecule has 0 aromatic heterocycles. The summed E-state index contributed by atoms with van der Waals surface area (Å²) >= 11 is 1.52. The first-order valence-electron chi connectivity index (χ1n) is 10.3. The smallest absolute Gasteiger partial charge is 0.0465 e. The van der Waals surface area contributed by atoms with Gasteiger partial charge in [-0.1, -0.05) is 52.4 Å². The van der Waals surface area contributed by atoms with Gasteiger partial charge in [0.15, 0.2) is 0 Å². The number of nitrogens with zero attached hydrogens (tertiary/aromatic N) is 2. The van der Waals surface area contributed by atoms with Crippen LogP contribution in [0.3, 0.4) is 0 Å². The maximum absolute atomic E-state index is 4.07. The Kier molecular flexibility index (Phi) is 21.4. The second-order valence-corrected chi connectivity index (χ2v) is 8.64. The molecule has 0 bridgehead atoms. The van der Waals surface area contributed by atoms with Gasteiger partial charge in [-0.25, -0.2) is 0 Å². The van der Waals surface area contributed by atoms with Gasteiger partial charge in [-0.15, -0.1) is 0 Å². The minimum atomic E-state index is 0.189. The molecule has 2 aliphatic carbocycles. The first-order valence-corrected chi connectivity index (χ1v) is 11.3. The Bertz CT molecular complexity index is 244. The monoisotopic (exact) mass is 430 g/mol. The molecule has 0 aromatic carbocycles. The summed E-state index contributed by atoms with van der Waals surface area (Å²) < 4.78 is 4.07. The first-order chi connectivity index (χ1) is 11.8. The van der Waals surface area contributed by atoms with Crippen LogP contribution in [0, 0.1) is 24.7 Å². The third-order valence-corrected chi connectivity index (χ3v) is 6.05. The molecule has 3 heteroatoms. The summed E-state index contributed by atoms with van der Waals surface area (Å²) in [5, 5.41) is 3.50. The van der Waals surface area contributed by atoms with E-state index in [4.69, 9.17) is 0 Å². The van der Waals surface area contributed by atoms with Gasteiger partial charge in [0.2, 0.25) is 0 Å². The molecule has 2 saturated carbocycles. The van der Waals surface area contributed by atoms with E-state index in [1.165, 1.54) is 85.1 Å². The second-order valence-electron chi connectivity index (χ2n) is 8.15. The maximum Gasteiger partial charge on any atom is -0.0465 e.